The molecule has 2 bridgehead atoms. The first-order valence-corrected chi connectivity index (χ1v) is 8.33. The minimum atomic E-state index is -0.257. The van der Waals surface area contributed by atoms with Gasteiger partial charge in [-0.25, -0.2) is 0 Å². The molecule has 0 radical (unpaired) electrons. The molecule has 1 aromatic heterocycles. The molecule has 1 heterocycles. The van der Waals surface area contributed by atoms with Gasteiger partial charge in [0.05, 0.1) is 5.56 Å². The molecular formula is C17H24N4O2. The van der Waals surface area contributed by atoms with E-state index >= 15 is 0 Å². The number of amides is 2. The minimum absolute atomic E-state index is 0.113. The molecule has 1 aromatic rings. The van der Waals surface area contributed by atoms with Gasteiger partial charge in [-0.1, -0.05) is 6.42 Å². The second-order valence-electron chi connectivity index (χ2n) is 6.69. The van der Waals surface area contributed by atoms with Crippen molar-refractivity contribution in [3.8, 4) is 0 Å². The fourth-order valence-electron chi connectivity index (χ4n) is 4.05. The lowest BCUT2D eigenvalue weighted by atomic mass is 9.67. The fraction of sp³-hybridized carbons (Fsp3) is 0.588. The molecule has 124 valence electrons. The first-order chi connectivity index (χ1) is 11.1. The van der Waals surface area contributed by atoms with Gasteiger partial charge in [-0.3, -0.25) is 14.6 Å². The lowest BCUT2D eigenvalue weighted by Crippen LogP contribution is -2.53. The Morgan fingerprint density at radius 1 is 1.17 bits per heavy atom. The Kier molecular flexibility index (Phi) is 4.61. The maximum Gasteiger partial charge on any atom is 0.269 e. The van der Waals surface area contributed by atoms with Gasteiger partial charge in [0.15, 0.2) is 0 Å². The quantitative estimate of drug-likeness (QED) is 0.777. The molecule has 2 aliphatic rings. The van der Waals surface area contributed by atoms with Crippen molar-refractivity contribution in [2.75, 3.05) is 7.05 Å². The predicted molar refractivity (Wildman–Crippen MR) is 86.9 cm³/mol. The number of hydrogen-bond acceptors (Lipinski definition) is 4. The van der Waals surface area contributed by atoms with Gasteiger partial charge in [-0.05, 0) is 49.7 Å². The summed E-state index contributed by atoms with van der Waals surface area (Å²) < 4.78 is 0. The summed E-state index contributed by atoms with van der Waals surface area (Å²) in [5.74, 6) is 0.602. The van der Waals surface area contributed by atoms with Gasteiger partial charge in [0.25, 0.3) is 11.8 Å². The third-order valence-corrected chi connectivity index (χ3v) is 5.16. The molecule has 0 aliphatic heterocycles. The van der Waals surface area contributed by atoms with Crippen LogP contribution in [0, 0.1) is 11.8 Å². The Bertz CT molecular complexity index is 573. The van der Waals surface area contributed by atoms with Crippen LogP contribution in [-0.4, -0.2) is 35.9 Å². The second kappa shape index (κ2) is 6.66. The topological polar surface area (TPSA) is 97.1 Å². The lowest BCUT2D eigenvalue weighted by Gasteiger charge is -2.45. The highest BCUT2D eigenvalue weighted by atomic mass is 16.2. The molecule has 4 N–H and O–H groups in total. The van der Waals surface area contributed by atoms with Crippen molar-refractivity contribution >= 4 is 11.8 Å². The van der Waals surface area contributed by atoms with Crippen LogP contribution in [-0.2, 0) is 0 Å². The molecule has 23 heavy (non-hydrogen) atoms. The van der Waals surface area contributed by atoms with Crippen LogP contribution < -0.4 is 16.4 Å². The van der Waals surface area contributed by atoms with Crippen LogP contribution in [0.2, 0.25) is 0 Å². The monoisotopic (exact) mass is 316 g/mol. The van der Waals surface area contributed by atoms with Crippen molar-refractivity contribution in [1.82, 2.24) is 15.6 Å². The zero-order chi connectivity index (χ0) is 16.4. The summed E-state index contributed by atoms with van der Waals surface area (Å²) in [6.07, 6.45) is 6.97. The van der Waals surface area contributed by atoms with E-state index in [1.54, 1.807) is 19.2 Å². The van der Waals surface area contributed by atoms with Crippen molar-refractivity contribution in [3.05, 3.63) is 29.6 Å². The highest BCUT2D eigenvalue weighted by Crippen LogP contribution is 2.39. The SMILES string of the molecule is CNC(=O)c1ccc(C(=O)NC2C3CCCC2CC(N)C3)cn1. The van der Waals surface area contributed by atoms with Gasteiger partial charge < -0.3 is 16.4 Å². The molecule has 3 rings (SSSR count). The molecule has 2 fully saturated rings. The van der Waals surface area contributed by atoms with Gasteiger partial charge in [-0.15, -0.1) is 0 Å². The number of nitrogens with zero attached hydrogens (tertiary/aromatic N) is 1. The summed E-state index contributed by atoms with van der Waals surface area (Å²) in [6, 6.07) is 3.71. The number of nitrogens with two attached hydrogens (primary N) is 1. The highest BCUT2D eigenvalue weighted by Gasteiger charge is 2.39. The molecule has 2 atom stereocenters. The highest BCUT2D eigenvalue weighted by molar-refractivity contribution is 5.96. The van der Waals surface area contributed by atoms with Crippen molar-refractivity contribution in [3.63, 3.8) is 0 Å². The first kappa shape index (κ1) is 15.9. The number of rotatable bonds is 3. The summed E-state index contributed by atoms with van der Waals surface area (Å²) in [5, 5.41) is 5.70. The van der Waals surface area contributed by atoms with E-state index in [0.717, 1.165) is 25.7 Å². The normalized spacial score (nSPS) is 29.7. The van der Waals surface area contributed by atoms with Crippen LogP contribution in [0.15, 0.2) is 18.3 Å². The molecule has 2 aliphatic carbocycles. The lowest BCUT2D eigenvalue weighted by molar-refractivity contribution is 0.0755. The Labute approximate surface area is 136 Å². The zero-order valence-corrected chi connectivity index (χ0v) is 13.4. The number of hydrogen-bond donors (Lipinski definition) is 3. The van der Waals surface area contributed by atoms with Gasteiger partial charge in [0.1, 0.15) is 5.69 Å². The van der Waals surface area contributed by atoms with Gasteiger partial charge in [0.2, 0.25) is 0 Å². The molecular weight excluding hydrogens is 292 g/mol. The molecule has 0 saturated heterocycles. The van der Waals surface area contributed by atoms with E-state index in [0.29, 0.717) is 23.1 Å². The van der Waals surface area contributed by atoms with E-state index in [1.807, 2.05) is 0 Å². The molecule has 2 saturated carbocycles. The second-order valence-corrected chi connectivity index (χ2v) is 6.69. The summed E-state index contributed by atoms with van der Waals surface area (Å²) in [7, 11) is 1.55. The number of pyridine rings is 1. The maximum atomic E-state index is 12.5. The third kappa shape index (κ3) is 3.37. The van der Waals surface area contributed by atoms with Crippen molar-refractivity contribution in [2.24, 2.45) is 17.6 Å². The number of fused-ring (bicyclic) bond motifs is 2. The van der Waals surface area contributed by atoms with Gasteiger partial charge in [0, 0.05) is 25.3 Å². The van der Waals surface area contributed by atoms with E-state index in [1.165, 1.54) is 12.6 Å². The van der Waals surface area contributed by atoms with Crippen LogP contribution in [0.4, 0.5) is 0 Å². The smallest absolute Gasteiger partial charge is 0.269 e. The molecule has 2 unspecified atom stereocenters. The van der Waals surface area contributed by atoms with Crippen LogP contribution in [0.1, 0.15) is 53.0 Å². The summed E-state index contributed by atoms with van der Waals surface area (Å²) in [4.78, 5) is 28.0. The Morgan fingerprint density at radius 3 is 2.43 bits per heavy atom. The summed E-state index contributed by atoms with van der Waals surface area (Å²) >= 11 is 0. The number of nitrogens with one attached hydrogen (secondary N) is 2. The minimum Gasteiger partial charge on any atom is -0.354 e. The van der Waals surface area contributed by atoms with Crippen LogP contribution in [0.5, 0.6) is 0 Å². The molecule has 6 nitrogen and oxygen atoms in total. The van der Waals surface area contributed by atoms with Crippen LogP contribution >= 0.6 is 0 Å². The number of carbonyl (C=O) groups is 2. The average Bonchev–Trinajstić information content (AvgIpc) is 2.55. The van der Waals surface area contributed by atoms with Crippen molar-refractivity contribution in [1.29, 1.82) is 0 Å². The van der Waals surface area contributed by atoms with Crippen LogP contribution in [0.25, 0.3) is 0 Å². The predicted octanol–water partition coefficient (Wildman–Crippen LogP) is 1.08. The van der Waals surface area contributed by atoms with E-state index in [-0.39, 0.29) is 23.9 Å². The van der Waals surface area contributed by atoms with Crippen molar-refractivity contribution < 1.29 is 9.59 Å². The summed E-state index contributed by atoms with van der Waals surface area (Å²) in [5.41, 5.74) is 6.93. The van der Waals surface area contributed by atoms with E-state index in [4.69, 9.17) is 5.73 Å². The largest absolute Gasteiger partial charge is 0.354 e. The van der Waals surface area contributed by atoms with Gasteiger partial charge >= 0.3 is 0 Å². The molecule has 2 amide bonds. The number of aromatic nitrogens is 1. The third-order valence-electron chi connectivity index (χ3n) is 5.16. The van der Waals surface area contributed by atoms with E-state index in [9.17, 15) is 9.59 Å². The fourth-order valence-corrected chi connectivity index (χ4v) is 4.05. The molecule has 0 aromatic carbocycles. The maximum absolute atomic E-state index is 12.5. The van der Waals surface area contributed by atoms with E-state index in [2.05, 4.69) is 15.6 Å². The zero-order valence-electron chi connectivity index (χ0n) is 13.4. The van der Waals surface area contributed by atoms with E-state index < -0.39 is 0 Å². The van der Waals surface area contributed by atoms with Gasteiger partial charge in [-0.2, -0.15) is 0 Å². The number of carbonyl (C=O) groups excluding carboxylic acids is 2. The molecule has 6 heteroatoms. The first-order valence-electron chi connectivity index (χ1n) is 8.33. The Morgan fingerprint density at radius 2 is 1.87 bits per heavy atom. The standard InChI is InChI=1S/C17H24N4O2/c1-19-17(23)14-6-5-12(9-20-14)16(22)21-15-10-3-2-4-11(15)8-13(18)7-10/h5-6,9-11,13,15H,2-4,7-8,18H2,1H3,(H,19,23)(H,21,22). The van der Waals surface area contributed by atoms with Crippen LogP contribution in [0.3, 0.4) is 0 Å². The van der Waals surface area contributed by atoms with Crippen molar-refractivity contribution in [2.45, 2.75) is 44.2 Å². The Hall–Kier alpha value is -1.95. The molecule has 0 spiro atoms. The Balaban J connectivity index is 1.68. The summed E-state index contributed by atoms with van der Waals surface area (Å²) in [6.45, 7) is 0. The average molecular weight is 316 g/mol.